The van der Waals surface area contributed by atoms with Gasteiger partial charge in [0, 0.05) is 11.1 Å². The Morgan fingerprint density at radius 2 is 1.14 bits per heavy atom. The lowest BCUT2D eigenvalue weighted by molar-refractivity contribution is 0.0668. The summed E-state index contributed by atoms with van der Waals surface area (Å²) in [6.07, 6.45) is 2.50. The van der Waals surface area contributed by atoms with Crippen molar-refractivity contribution in [3.05, 3.63) is 71.8 Å². The minimum absolute atomic E-state index is 0.159. The first-order chi connectivity index (χ1) is 10.7. The minimum Gasteiger partial charge on any atom is -0.329 e. The fourth-order valence-corrected chi connectivity index (χ4v) is 2.57. The van der Waals surface area contributed by atoms with Crippen LogP contribution in [0, 0.1) is 0 Å². The van der Waals surface area contributed by atoms with E-state index in [1.165, 1.54) is 0 Å². The van der Waals surface area contributed by atoms with Crippen molar-refractivity contribution >= 4 is 11.8 Å². The van der Waals surface area contributed by atoms with E-state index in [2.05, 4.69) is 10.6 Å². The summed E-state index contributed by atoms with van der Waals surface area (Å²) in [7, 11) is 0. The van der Waals surface area contributed by atoms with Gasteiger partial charge in [-0.05, 0) is 43.5 Å². The van der Waals surface area contributed by atoms with Crippen molar-refractivity contribution in [3.63, 3.8) is 0 Å². The number of carbonyl (C=O) groups is 2. The highest BCUT2D eigenvalue weighted by atomic mass is 16.2. The van der Waals surface area contributed by atoms with Gasteiger partial charge in [-0.15, -0.1) is 0 Å². The van der Waals surface area contributed by atoms with E-state index >= 15 is 0 Å². The zero-order valence-corrected chi connectivity index (χ0v) is 12.2. The fourth-order valence-electron chi connectivity index (χ4n) is 2.57. The van der Waals surface area contributed by atoms with Crippen LogP contribution in [0.5, 0.6) is 0 Å². The van der Waals surface area contributed by atoms with Gasteiger partial charge in [0.15, 0.2) is 0 Å². The maximum Gasteiger partial charge on any atom is 0.253 e. The third-order valence-corrected chi connectivity index (χ3v) is 3.98. The molecule has 0 heterocycles. The van der Waals surface area contributed by atoms with Gasteiger partial charge >= 0.3 is 0 Å². The smallest absolute Gasteiger partial charge is 0.253 e. The molecule has 2 aromatic carbocycles. The van der Waals surface area contributed by atoms with Crippen molar-refractivity contribution in [1.29, 1.82) is 0 Å². The summed E-state index contributed by atoms with van der Waals surface area (Å²) < 4.78 is 0. The summed E-state index contributed by atoms with van der Waals surface area (Å²) in [4.78, 5) is 24.6. The van der Waals surface area contributed by atoms with Crippen molar-refractivity contribution in [1.82, 2.24) is 10.6 Å². The molecule has 1 saturated carbocycles. The summed E-state index contributed by atoms with van der Waals surface area (Å²) in [5.74, 6) is -0.317. The lowest BCUT2D eigenvalue weighted by Gasteiger charge is -2.43. The number of carbonyl (C=O) groups excluding carboxylic acids is 2. The van der Waals surface area contributed by atoms with E-state index in [1.807, 2.05) is 36.4 Å². The van der Waals surface area contributed by atoms with Crippen LogP contribution in [-0.4, -0.2) is 17.5 Å². The molecule has 0 spiro atoms. The molecule has 3 rings (SSSR count). The van der Waals surface area contributed by atoms with E-state index in [4.69, 9.17) is 0 Å². The Labute approximate surface area is 129 Å². The Morgan fingerprint density at radius 1 is 0.727 bits per heavy atom. The Hall–Kier alpha value is -2.62. The molecule has 2 amide bonds. The molecule has 22 heavy (non-hydrogen) atoms. The number of benzene rings is 2. The normalized spacial score (nSPS) is 15.5. The quantitative estimate of drug-likeness (QED) is 0.852. The maximum absolute atomic E-state index is 12.3. The van der Waals surface area contributed by atoms with Crippen LogP contribution in [0.25, 0.3) is 0 Å². The molecule has 2 aromatic rings. The number of nitrogens with one attached hydrogen (secondary N) is 2. The molecule has 0 bridgehead atoms. The van der Waals surface area contributed by atoms with Crippen LogP contribution in [-0.2, 0) is 0 Å². The molecular formula is C18H18N2O2. The van der Waals surface area contributed by atoms with Gasteiger partial charge in [-0.2, -0.15) is 0 Å². The van der Waals surface area contributed by atoms with Crippen LogP contribution in [0.1, 0.15) is 40.0 Å². The largest absolute Gasteiger partial charge is 0.329 e. The third kappa shape index (κ3) is 3.01. The summed E-state index contributed by atoms with van der Waals surface area (Å²) in [6, 6.07) is 18.1. The van der Waals surface area contributed by atoms with Gasteiger partial charge in [0.2, 0.25) is 0 Å². The predicted molar refractivity (Wildman–Crippen MR) is 84.4 cm³/mol. The summed E-state index contributed by atoms with van der Waals surface area (Å²) in [5.41, 5.74) is 0.574. The summed E-state index contributed by atoms with van der Waals surface area (Å²) >= 11 is 0. The molecule has 112 valence electrons. The molecule has 4 heteroatoms. The highest BCUT2D eigenvalue weighted by Crippen LogP contribution is 2.30. The number of amides is 2. The second kappa shape index (κ2) is 6.02. The predicted octanol–water partition coefficient (Wildman–Crippen LogP) is 2.73. The highest BCUT2D eigenvalue weighted by Gasteiger charge is 2.40. The zero-order valence-electron chi connectivity index (χ0n) is 12.2. The first-order valence-corrected chi connectivity index (χ1v) is 7.44. The van der Waals surface area contributed by atoms with Gasteiger partial charge in [-0.1, -0.05) is 36.4 Å². The lowest BCUT2D eigenvalue weighted by atomic mass is 9.84. The van der Waals surface area contributed by atoms with E-state index in [1.54, 1.807) is 24.3 Å². The summed E-state index contributed by atoms with van der Waals surface area (Å²) in [6.45, 7) is 0. The fraction of sp³-hybridized carbons (Fsp3) is 0.222. The van der Waals surface area contributed by atoms with Crippen molar-refractivity contribution in [2.24, 2.45) is 0 Å². The number of hydrogen-bond acceptors (Lipinski definition) is 2. The molecule has 0 unspecified atom stereocenters. The highest BCUT2D eigenvalue weighted by molar-refractivity contribution is 5.97. The van der Waals surface area contributed by atoms with E-state index < -0.39 is 5.66 Å². The SMILES string of the molecule is O=C(NC1(NC(=O)c2ccccc2)CCC1)c1ccccc1. The Morgan fingerprint density at radius 3 is 1.45 bits per heavy atom. The van der Waals surface area contributed by atoms with Crippen molar-refractivity contribution in [2.45, 2.75) is 24.9 Å². The van der Waals surface area contributed by atoms with Crippen LogP contribution < -0.4 is 10.6 Å². The molecular weight excluding hydrogens is 276 g/mol. The van der Waals surface area contributed by atoms with Gasteiger partial charge in [0.05, 0.1) is 0 Å². The van der Waals surface area contributed by atoms with Crippen molar-refractivity contribution < 1.29 is 9.59 Å². The molecule has 0 saturated heterocycles. The second-order valence-electron chi connectivity index (χ2n) is 5.58. The molecule has 1 aliphatic rings. The van der Waals surface area contributed by atoms with E-state index in [-0.39, 0.29) is 11.8 Å². The first-order valence-electron chi connectivity index (χ1n) is 7.44. The topological polar surface area (TPSA) is 58.2 Å². The zero-order chi connectivity index (χ0) is 15.4. The van der Waals surface area contributed by atoms with E-state index in [0.29, 0.717) is 11.1 Å². The molecule has 1 aliphatic carbocycles. The van der Waals surface area contributed by atoms with Gasteiger partial charge < -0.3 is 10.6 Å². The third-order valence-electron chi connectivity index (χ3n) is 3.98. The maximum atomic E-state index is 12.3. The Balaban J connectivity index is 1.70. The van der Waals surface area contributed by atoms with Gasteiger partial charge in [-0.3, -0.25) is 9.59 Å². The van der Waals surface area contributed by atoms with Crippen LogP contribution in [0.2, 0.25) is 0 Å². The van der Waals surface area contributed by atoms with Gasteiger partial charge in [-0.25, -0.2) is 0 Å². The molecule has 4 nitrogen and oxygen atoms in total. The average molecular weight is 294 g/mol. The molecule has 0 aliphatic heterocycles. The molecule has 2 N–H and O–H groups in total. The van der Waals surface area contributed by atoms with E-state index in [9.17, 15) is 9.59 Å². The Kier molecular flexibility index (Phi) is 3.92. The van der Waals surface area contributed by atoms with Gasteiger partial charge in [0.25, 0.3) is 11.8 Å². The first kappa shape index (κ1) is 14.3. The molecule has 0 atom stereocenters. The number of rotatable bonds is 4. The molecule has 1 fully saturated rings. The summed E-state index contributed by atoms with van der Waals surface area (Å²) in [5, 5.41) is 5.95. The lowest BCUT2D eigenvalue weighted by Crippen LogP contribution is -2.64. The molecule has 0 aromatic heterocycles. The number of hydrogen-bond donors (Lipinski definition) is 2. The van der Waals surface area contributed by atoms with E-state index in [0.717, 1.165) is 19.3 Å². The van der Waals surface area contributed by atoms with Crippen LogP contribution in [0.3, 0.4) is 0 Å². The van der Waals surface area contributed by atoms with Crippen LogP contribution in [0.4, 0.5) is 0 Å². The minimum atomic E-state index is -0.625. The second-order valence-corrected chi connectivity index (χ2v) is 5.58. The monoisotopic (exact) mass is 294 g/mol. The van der Waals surface area contributed by atoms with Crippen LogP contribution >= 0.6 is 0 Å². The van der Waals surface area contributed by atoms with Crippen LogP contribution in [0.15, 0.2) is 60.7 Å². The molecule has 0 radical (unpaired) electrons. The standard InChI is InChI=1S/C18H18N2O2/c21-16(14-8-3-1-4-9-14)19-18(12-7-13-18)20-17(22)15-10-5-2-6-11-15/h1-6,8-11H,7,12-13H2,(H,19,21)(H,20,22). The van der Waals surface area contributed by atoms with Gasteiger partial charge in [0.1, 0.15) is 5.66 Å². The van der Waals surface area contributed by atoms with Crippen molar-refractivity contribution in [3.8, 4) is 0 Å². The average Bonchev–Trinajstić information content (AvgIpc) is 2.54. The Bertz CT molecular complexity index is 609. The van der Waals surface area contributed by atoms with Crippen molar-refractivity contribution in [2.75, 3.05) is 0 Å².